The highest BCUT2D eigenvalue weighted by Crippen LogP contribution is 2.33. The maximum absolute atomic E-state index is 13.7. The molecule has 4 rings (SSSR count). The van der Waals surface area contributed by atoms with Gasteiger partial charge in [0.25, 0.3) is 10.0 Å². The number of carbonyl (C=O) groups excluding carboxylic acids is 1. The number of fused-ring (bicyclic) bond motifs is 1. The summed E-state index contributed by atoms with van der Waals surface area (Å²) < 4.78 is 39.7. The van der Waals surface area contributed by atoms with Crippen LogP contribution in [0.4, 0.5) is 5.69 Å². The minimum Gasteiger partial charge on any atom is -0.497 e. The highest BCUT2D eigenvalue weighted by molar-refractivity contribution is 9.10. The second kappa shape index (κ2) is 10.9. The van der Waals surface area contributed by atoms with Gasteiger partial charge in [-0.15, -0.1) is 0 Å². The van der Waals surface area contributed by atoms with Crippen molar-refractivity contribution in [2.24, 2.45) is 0 Å². The fraction of sp³-hybridized carbons (Fsp3) is 0.296. The molecule has 0 saturated heterocycles. The second-order valence-corrected chi connectivity index (χ2v) is 11.4. The zero-order valence-corrected chi connectivity index (χ0v) is 22.9. The Hall–Kier alpha value is -3.04. The van der Waals surface area contributed by atoms with E-state index in [4.69, 9.17) is 9.47 Å². The SMILES string of the molecule is COc1ccc2c(c1)CCCC2NC(=O)CN(c1ccc(C)cc1)S(=O)(=O)c1ccc(OC)c(Br)c1. The minimum atomic E-state index is -4.05. The third-order valence-electron chi connectivity index (χ3n) is 6.32. The van der Waals surface area contributed by atoms with Gasteiger partial charge in [0.05, 0.1) is 35.3 Å². The number of hydrogen-bond acceptors (Lipinski definition) is 5. The molecule has 0 aromatic heterocycles. The molecule has 1 atom stereocenters. The molecule has 0 bridgehead atoms. The van der Waals surface area contributed by atoms with Gasteiger partial charge < -0.3 is 14.8 Å². The van der Waals surface area contributed by atoms with Crippen LogP contribution in [0.1, 0.15) is 35.6 Å². The van der Waals surface area contributed by atoms with Crippen LogP contribution in [-0.4, -0.2) is 35.1 Å². The molecule has 190 valence electrons. The predicted octanol–water partition coefficient (Wildman–Crippen LogP) is 5.16. The number of rotatable bonds is 8. The Labute approximate surface area is 220 Å². The fourth-order valence-corrected chi connectivity index (χ4v) is 6.54. The number of amides is 1. The van der Waals surface area contributed by atoms with Gasteiger partial charge in [-0.2, -0.15) is 0 Å². The summed E-state index contributed by atoms with van der Waals surface area (Å²) in [4.78, 5) is 13.3. The molecule has 0 heterocycles. The lowest BCUT2D eigenvalue weighted by atomic mass is 9.87. The normalized spacial score (nSPS) is 15.1. The molecule has 0 radical (unpaired) electrons. The largest absolute Gasteiger partial charge is 0.497 e. The van der Waals surface area contributed by atoms with E-state index in [0.717, 1.165) is 46.0 Å². The van der Waals surface area contributed by atoms with Crippen molar-refractivity contribution in [1.82, 2.24) is 5.32 Å². The van der Waals surface area contributed by atoms with Gasteiger partial charge in [-0.05, 0) is 95.7 Å². The molecule has 7 nitrogen and oxygen atoms in total. The van der Waals surface area contributed by atoms with Crippen LogP contribution in [0.15, 0.2) is 70.0 Å². The Kier molecular flexibility index (Phi) is 7.90. The van der Waals surface area contributed by atoms with E-state index in [-0.39, 0.29) is 23.4 Å². The van der Waals surface area contributed by atoms with Crippen LogP contribution >= 0.6 is 15.9 Å². The number of aryl methyl sites for hydroxylation is 2. The van der Waals surface area contributed by atoms with Gasteiger partial charge in [0.2, 0.25) is 5.91 Å². The molecule has 3 aromatic carbocycles. The Morgan fingerprint density at radius 1 is 1.06 bits per heavy atom. The first kappa shape index (κ1) is 26.0. The number of benzene rings is 3. The Morgan fingerprint density at radius 2 is 1.81 bits per heavy atom. The summed E-state index contributed by atoms with van der Waals surface area (Å²) in [5.41, 5.74) is 3.58. The van der Waals surface area contributed by atoms with Crippen molar-refractivity contribution in [2.75, 3.05) is 25.1 Å². The molecule has 1 N–H and O–H groups in total. The van der Waals surface area contributed by atoms with Crippen molar-refractivity contribution in [2.45, 2.75) is 37.1 Å². The lowest BCUT2D eigenvalue weighted by Gasteiger charge is -2.29. The summed E-state index contributed by atoms with van der Waals surface area (Å²) in [6.45, 7) is 1.57. The lowest BCUT2D eigenvalue weighted by Crippen LogP contribution is -2.42. The lowest BCUT2D eigenvalue weighted by molar-refractivity contribution is -0.120. The van der Waals surface area contributed by atoms with Crippen molar-refractivity contribution in [3.05, 3.63) is 81.8 Å². The molecule has 1 unspecified atom stereocenters. The Morgan fingerprint density at radius 3 is 2.47 bits per heavy atom. The van der Waals surface area contributed by atoms with Gasteiger partial charge in [-0.25, -0.2) is 8.42 Å². The zero-order valence-electron chi connectivity index (χ0n) is 20.5. The number of hydrogen-bond donors (Lipinski definition) is 1. The molecule has 9 heteroatoms. The predicted molar refractivity (Wildman–Crippen MR) is 143 cm³/mol. The third kappa shape index (κ3) is 5.52. The van der Waals surface area contributed by atoms with Crippen LogP contribution in [-0.2, 0) is 21.2 Å². The molecule has 0 aliphatic heterocycles. The molecule has 0 fully saturated rings. The molecule has 1 amide bonds. The smallest absolute Gasteiger partial charge is 0.264 e. The van der Waals surface area contributed by atoms with E-state index < -0.39 is 10.0 Å². The maximum atomic E-state index is 13.7. The van der Waals surface area contributed by atoms with Gasteiger partial charge in [0.15, 0.2) is 0 Å². The average molecular weight is 574 g/mol. The Balaban J connectivity index is 1.63. The summed E-state index contributed by atoms with van der Waals surface area (Å²) >= 11 is 3.36. The monoisotopic (exact) mass is 572 g/mol. The molecular weight excluding hydrogens is 544 g/mol. The Bertz CT molecular complexity index is 1360. The second-order valence-electron chi connectivity index (χ2n) is 8.72. The highest BCUT2D eigenvalue weighted by Gasteiger charge is 2.30. The van der Waals surface area contributed by atoms with Crippen LogP contribution in [0, 0.1) is 6.92 Å². The number of carbonyl (C=O) groups is 1. The summed E-state index contributed by atoms with van der Waals surface area (Å²) in [6.07, 6.45) is 2.62. The molecule has 0 spiro atoms. The van der Waals surface area contributed by atoms with Gasteiger partial charge in [0, 0.05) is 0 Å². The minimum absolute atomic E-state index is 0.0543. The number of anilines is 1. The van der Waals surface area contributed by atoms with Crippen molar-refractivity contribution >= 4 is 37.5 Å². The maximum Gasteiger partial charge on any atom is 0.264 e. The van der Waals surface area contributed by atoms with Gasteiger partial charge in [0.1, 0.15) is 18.0 Å². The van der Waals surface area contributed by atoms with E-state index in [1.54, 1.807) is 25.3 Å². The van der Waals surface area contributed by atoms with Crippen LogP contribution in [0.5, 0.6) is 11.5 Å². The molecule has 1 aliphatic carbocycles. The number of nitrogens with zero attached hydrogens (tertiary/aromatic N) is 1. The number of sulfonamides is 1. The summed E-state index contributed by atoms with van der Waals surface area (Å²) in [5.74, 6) is 0.921. The van der Waals surface area contributed by atoms with Crippen molar-refractivity contribution < 1.29 is 22.7 Å². The quantitative estimate of drug-likeness (QED) is 0.403. The first-order chi connectivity index (χ1) is 17.2. The summed E-state index contributed by atoms with van der Waals surface area (Å²) in [6, 6.07) is 17.3. The van der Waals surface area contributed by atoms with E-state index in [0.29, 0.717) is 15.9 Å². The number of ether oxygens (including phenoxy) is 2. The van der Waals surface area contributed by atoms with Gasteiger partial charge >= 0.3 is 0 Å². The molecule has 36 heavy (non-hydrogen) atoms. The van der Waals surface area contributed by atoms with Crippen LogP contribution in [0.3, 0.4) is 0 Å². The van der Waals surface area contributed by atoms with E-state index in [1.165, 1.54) is 19.2 Å². The number of nitrogens with one attached hydrogen (secondary N) is 1. The summed E-state index contributed by atoms with van der Waals surface area (Å²) in [5, 5.41) is 3.06. The fourth-order valence-electron chi connectivity index (χ4n) is 4.40. The average Bonchev–Trinajstić information content (AvgIpc) is 2.87. The number of halogens is 1. The van der Waals surface area contributed by atoms with Crippen molar-refractivity contribution in [3.63, 3.8) is 0 Å². The first-order valence-electron chi connectivity index (χ1n) is 11.6. The van der Waals surface area contributed by atoms with Crippen molar-refractivity contribution in [1.29, 1.82) is 0 Å². The van der Waals surface area contributed by atoms with Crippen LogP contribution in [0.25, 0.3) is 0 Å². The molecule has 0 saturated carbocycles. The summed E-state index contributed by atoms with van der Waals surface area (Å²) in [7, 11) is -0.909. The van der Waals surface area contributed by atoms with E-state index in [1.807, 2.05) is 37.3 Å². The third-order valence-corrected chi connectivity index (χ3v) is 8.71. The zero-order chi connectivity index (χ0) is 25.9. The van der Waals surface area contributed by atoms with Crippen molar-refractivity contribution in [3.8, 4) is 11.5 Å². The molecular formula is C27H29BrN2O5S. The van der Waals surface area contributed by atoms with E-state index in [2.05, 4.69) is 21.2 Å². The van der Waals surface area contributed by atoms with Crippen LogP contribution < -0.4 is 19.1 Å². The molecule has 1 aliphatic rings. The highest BCUT2D eigenvalue weighted by atomic mass is 79.9. The van der Waals surface area contributed by atoms with Gasteiger partial charge in [-0.1, -0.05) is 23.8 Å². The number of methoxy groups -OCH3 is 2. The first-order valence-corrected chi connectivity index (χ1v) is 13.9. The van der Waals surface area contributed by atoms with Gasteiger partial charge in [-0.3, -0.25) is 9.10 Å². The topological polar surface area (TPSA) is 84.9 Å². The standard InChI is InChI=1S/C27H29BrN2O5S/c1-18-7-9-20(10-8-18)30(36(32,33)22-12-14-26(35-3)24(28)16-22)17-27(31)29-25-6-4-5-19-15-21(34-2)11-13-23(19)25/h7-16,25H,4-6,17H2,1-3H3,(H,29,31). The van der Waals surface area contributed by atoms with E-state index >= 15 is 0 Å². The van der Waals surface area contributed by atoms with Crippen LogP contribution in [0.2, 0.25) is 0 Å². The molecule has 3 aromatic rings. The van der Waals surface area contributed by atoms with E-state index in [9.17, 15) is 13.2 Å².